The van der Waals surface area contributed by atoms with Gasteiger partial charge in [-0.25, -0.2) is 4.39 Å². The number of halogens is 2. The summed E-state index contributed by atoms with van der Waals surface area (Å²) in [5.41, 5.74) is 9.09. The van der Waals surface area contributed by atoms with Gasteiger partial charge in [0.15, 0.2) is 0 Å². The molecule has 0 atom stereocenters. The molecule has 6 heteroatoms. The van der Waals surface area contributed by atoms with Crippen LogP contribution in [-0.4, -0.2) is 14.8 Å². The van der Waals surface area contributed by atoms with Crippen LogP contribution in [0.4, 0.5) is 10.2 Å². The monoisotopic (exact) mass is 346 g/mol. The normalized spacial score (nSPS) is 10.8. The van der Waals surface area contributed by atoms with E-state index in [1.165, 1.54) is 6.07 Å². The van der Waals surface area contributed by atoms with E-state index in [1.807, 2.05) is 12.1 Å². The zero-order valence-corrected chi connectivity index (χ0v) is 12.8. The summed E-state index contributed by atoms with van der Waals surface area (Å²) >= 11 is 3.28. The van der Waals surface area contributed by atoms with Gasteiger partial charge in [0.2, 0.25) is 0 Å². The molecule has 21 heavy (non-hydrogen) atoms. The van der Waals surface area contributed by atoms with Gasteiger partial charge in [-0.15, -0.1) is 0 Å². The summed E-state index contributed by atoms with van der Waals surface area (Å²) < 4.78 is 15.7. The first kappa shape index (κ1) is 13.8. The Hall–Kier alpha value is -2.21. The molecule has 0 unspecified atom stereocenters. The number of benzene rings is 1. The Morgan fingerprint density at radius 3 is 2.62 bits per heavy atom. The molecule has 4 nitrogen and oxygen atoms in total. The van der Waals surface area contributed by atoms with Crippen molar-refractivity contribution in [2.45, 2.75) is 0 Å². The number of hydrogen-bond acceptors (Lipinski definition) is 3. The fourth-order valence-corrected chi connectivity index (χ4v) is 2.67. The predicted octanol–water partition coefficient (Wildman–Crippen LogP) is 3.63. The van der Waals surface area contributed by atoms with E-state index in [2.05, 4.69) is 26.0 Å². The summed E-state index contributed by atoms with van der Waals surface area (Å²) in [6, 6.07) is 8.55. The zero-order valence-electron chi connectivity index (χ0n) is 11.2. The lowest BCUT2D eigenvalue weighted by Gasteiger charge is -2.06. The molecule has 0 aliphatic rings. The summed E-state index contributed by atoms with van der Waals surface area (Å²) in [6.45, 7) is 0. The molecule has 0 fully saturated rings. The lowest BCUT2D eigenvalue weighted by atomic mass is 10.0. The summed E-state index contributed by atoms with van der Waals surface area (Å²) in [7, 11) is 1.76. The molecule has 2 aromatic heterocycles. The number of nitrogens with two attached hydrogens (primary N) is 1. The Balaban J connectivity index is 2.30. The van der Waals surface area contributed by atoms with Crippen molar-refractivity contribution in [3.63, 3.8) is 0 Å². The standard InChI is InChI=1S/C15H12BrFN4/c1-21-15(18)12(9-5-7-19-8-6-9)14(20-21)10-3-2-4-11(17)13(10)16/h2-8H,18H2,1H3. The van der Waals surface area contributed by atoms with Crippen molar-refractivity contribution in [1.82, 2.24) is 14.8 Å². The molecule has 3 rings (SSSR count). The highest BCUT2D eigenvalue weighted by molar-refractivity contribution is 9.10. The Labute approximate surface area is 129 Å². The van der Waals surface area contributed by atoms with E-state index in [1.54, 1.807) is 36.3 Å². The van der Waals surface area contributed by atoms with Crippen LogP contribution in [0.3, 0.4) is 0 Å². The summed E-state index contributed by atoms with van der Waals surface area (Å²) in [4.78, 5) is 4.00. The van der Waals surface area contributed by atoms with E-state index in [0.717, 1.165) is 11.1 Å². The van der Waals surface area contributed by atoms with E-state index in [-0.39, 0.29) is 5.82 Å². The Bertz CT molecular complexity index is 799. The third kappa shape index (κ3) is 2.31. The van der Waals surface area contributed by atoms with Gasteiger partial charge in [-0.3, -0.25) is 9.67 Å². The minimum absolute atomic E-state index is 0.336. The van der Waals surface area contributed by atoms with Crippen molar-refractivity contribution in [2.75, 3.05) is 5.73 Å². The van der Waals surface area contributed by atoms with Gasteiger partial charge in [0.1, 0.15) is 17.3 Å². The van der Waals surface area contributed by atoms with Gasteiger partial charge in [0.05, 0.1) is 10.0 Å². The van der Waals surface area contributed by atoms with Crippen molar-refractivity contribution in [2.24, 2.45) is 7.05 Å². The molecule has 106 valence electrons. The molecule has 2 heterocycles. The first-order valence-corrected chi connectivity index (χ1v) is 7.06. The van der Waals surface area contributed by atoms with Crippen LogP contribution in [0.2, 0.25) is 0 Å². The molecule has 0 saturated carbocycles. The van der Waals surface area contributed by atoms with Crippen molar-refractivity contribution in [3.8, 4) is 22.4 Å². The van der Waals surface area contributed by atoms with Gasteiger partial charge in [-0.05, 0) is 39.7 Å². The maximum Gasteiger partial charge on any atom is 0.138 e. The van der Waals surface area contributed by atoms with Gasteiger partial charge in [-0.2, -0.15) is 5.10 Å². The number of aromatic nitrogens is 3. The number of nitrogens with zero attached hydrogens (tertiary/aromatic N) is 3. The fraction of sp³-hybridized carbons (Fsp3) is 0.0667. The number of nitrogen functional groups attached to an aromatic ring is 1. The molecular weight excluding hydrogens is 335 g/mol. The van der Waals surface area contributed by atoms with E-state index in [0.29, 0.717) is 21.5 Å². The van der Waals surface area contributed by atoms with Gasteiger partial charge in [-0.1, -0.05) is 12.1 Å². The topological polar surface area (TPSA) is 56.7 Å². The SMILES string of the molecule is Cn1nc(-c2cccc(F)c2Br)c(-c2ccncc2)c1N. The van der Waals surface area contributed by atoms with E-state index < -0.39 is 0 Å². The van der Waals surface area contributed by atoms with Crippen LogP contribution < -0.4 is 5.73 Å². The number of pyridine rings is 1. The molecule has 0 spiro atoms. The second-order valence-electron chi connectivity index (χ2n) is 4.57. The molecule has 0 amide bonds. The molecule has 0 aliphatic carbocycles. The Morgan fingerprint density at radius 2 is 1.90 bits per heavy atom. The predicted molar refractivity (Wildman–Crippen MR) is 83.9 cm³/mol. The molecule has 1 aromatic carbocycles. The maximum absolute atomic E-state index is 13.8. The highest BCUT2D eigenvalue weighted by atomic mass is 79.9. The maximum atomic E-state index is 13.8. The minimum atomic E-state index is -0.336. The average molecular weight is 347 g/mol. The van der Waals surface area contributed by atoms with Gasteiger partial charge >= 0.3 is 0 Å². The van der Waals surface area contributed by atoms with Crippen LogP contribution in [0.5, 0.6) is 0 Å². The molecular formula is C15H12BrFN4. The Kier molecular flexibility index (Phi) is 3.47. The van der Waals surface area contributed by atoms with Crippen molar-refractivity contribution >= 4 is 21.7 Å². The van der Waals surface area contributed by atoms with Crippen molar-refractivity contribution in [1.29, 1.82) is 0 Å². The highest BCUT2D eigenvalue weighted by Crippen LogP contribution is 2.39. The van der Waals surface area contributed by atoms with Crippen molar-refractivity contribution in [3.05, 3.63) is 53.0 Å². The van der Waals surface area contributed by atoms with Crippen LogP contribution in [-0.2, 0) is 7.05 Å². The summed E-state index contributed by atoms with van der Waals surface area (Å²) in [5.74, 6) is 0.185. The zero-order chi connectivity index (χ0) is 15.0. The fourth-order valence-electron chi connectivity index (χ4n) is 2.22. The lowest BCUT2D eigenvalue weighted by molar-refractivity contribution is 0.621. The number of rotatable bonds is 2. The lowest BCUT2D eigenvalue weighted by Crippen LogP contribution is -1.97. The highest BCUT2D eigenvalue weighted by Gasteiger charge is 2.20. The molecule has 0 bridgehead atoms. The molecule has 3 aromatic rings. The van der Waals surface area contributed by atoms with Crippen LogP contribution in [0.15, 0.2) is 47.2 Å². The van der Waals surface area contributed by atoms with Gasteiger partial charge in [0.25, 0.3) is 0 Å². The first-order chi connectivity index (χ1) is 10.1. The quantitative estimate of drug-likeness (QED) is 0.770. The van der Waals surface area contributed by atoms with E-state index >= 15 is 0 Å². The average Bonchev–Trinajstić information content (AvgIpc) is 2.78. The molecule has 0 radical (unpaired) electrons. The van der Waals surface area contributed by atoms with Gasteiger partial charge < -0.3 is 5.73 Å². The van der Waals surface area contributed by atoms with Crippen LogP contribution in [0, 0.1) is 5.82 Å². The molecule has 0 aliphatic heterocycles. The van der Waals surface area contributed by atoms with Crippen LogP contribution >= 0.6 is 15.9 Å². The van der Waals surface area contributed by atoms with E-state index in [4.69, 9.17) is 5.73 Å². The van der Waals surface area contributed by atoms with E-state index in [9.17, 15) is 4.39 Å². The van der Waals surface area contributed by atoms with Crippen LogP contribution in [0.25, 0.3) is 22.4 Å². The minimum Gasteiger partial charge on any atom is -0.383 e. The van der Waals surface area contributed by atoms with Crippen molar-refractivity contribution < 1.29 is 4.39 Å². The first-order valence-electron chi connectivity index (χ1n) is 6.27. The summed E-state index contributed by atoms with van der Waals surface area (Å²) in [6.07, 6.45) is 3.37. The van der Waals surface area contributed by atoms with Gasteiger partial charge in [0, 0.05) is 25.0 Å². The number of anilines is 1. The second-order valence-corrected chi connectivity index (χ2v) is 5.36. The third-order valence-corrected chi connectivity index (χ3v) is 4.07. The number of aryl methyl sites for hydroxylation is 1. The molecule has 0 saturated heterocycles. The summed E-state index contributed by atoms with van der Waals surface area (Å²) in [5, 5.41) is 4.43. The van der Waals surface area contributed by atoms with Crippen LogP contribution in [0.1, 0.15) is 0 Å². The number of hydrogen-bond donors (Lipinski definition) is 1. The Morgan fingerprint density at radius 1 is 1.19 bits per heavy atom. The third-order valence-electron chi connectivity index (χ3n) is 3.27. The second kappa shape index (κ2) is 5.29. The smallest absolute Gasteiger partial charge is 0.138 e. The molecule has 2 N–H and O–H groups in total. The largest absolute Gasteiger partial charge is 0.383 e.